The van der Waals surface area contributed by atoms with Gasteiger partial charge >= 0.3 is 6.03 Å². The summed E-state index contributed by atoms with van der Waals surface area (Å²) in [5, 5.41) is 18.8. The van der Waals surface area contributed by atoms with Crippen molar-refractivity contribution in [1.29, 1.82) is 0 Å². The molecule has 0 saturated heterocycles. The number of rotatable bonds is 7. The minimum atomic E-state index is -0.450. The standard InChI is InChI=1S/C30H44N4O6/c1-20-18-34(21(2)19-35)29(36)26-16-24(33-30(37)32-23-9-12-25(38-5)13-10-23)11-14-27(26)40-22(3)8-6-7-15-39-28(20)17-31-4/h9-14,16,20-22,28,31,35H,6-8,15,17-19H2,1-5H3,(H2,32,33,37)/t20-,21+,22-,28+/m0/s1. The summed E-state index contributed by atoms with van der Waals surface area (Å²) < 4.78 is 17.6. The van der Waals surface area contributed by atoms with Crippen molar-refractivity contribution < 1.29 is 28.9 Å². The van der Waals surface area contributed by atoms with Gasteiger partial charge in [0.05, 0.1) is 37.5 Å². The molecule has 0 bridgehead atoms. The van der Waals surface area contributed by atoms with E-state index in [1.807, 2.05) is 20.9 Å². The average molecular weight is 557 g/mol. The third kappa shape index (κ3) is 8.84. The Labute approximate surface area is 237 Å². The molecule has 0 aromatic heterocycles. The fourth-order valence-electron chi connectivity index (χ4n) is 4.66. The van der Waals surface area contributed by atoms with Gasteiger partial charge in [0, 0.05) is 37.0 Å². The highest BCUT2D eigenvalue weighted by atomic mass is 16.5. The molecule has 2 aromatic carbocycles. The molecular formula is C30H44N4O6. The second kappa shape index (κ2) is 15.4. The van der Waals surface area contributed by atoms with Gasteiger partial charge in [0.15, 0.2) is 0 Å². The van der Waals surface area contributed by atoms with Crippen LogP contribution < -0.4 is 25.4 Å². The van der Waals surface area contributed by atoms with Crippen LogP contribution >= 0.6 is 0 Å². The van der Waals surface area contributed by atoms with Crippen molar-refractivity contribution in [2.24, 2.45) is 5.92 Å². The molecule has 0 fully saturated rings. The van der Waals surface area contributed by atoms with Gasteiger partial charge in [0.1, 0.15) is 11.5 Å². The van der Waals surface area contributed by atoms with E-state index in [9.17, 15) is 14.7 Å². The van der Waals surface area contributed by atoms with Gasteiger partial charge in [-0.3, -0.25) is 4.79 Å². The van der Waals surface area contributed by atoms with Crippen molar-refractivity contribution in [1.82, 2.24) is 10.2 Å². The molecule has 1 aliphatic heterocycles. The number of carbonyl (C=O) groups excluding carboxylic acids is 2. The van der Waals surface area contributed by atoms with Crippen LogP contribution in [0.25, 0.3) is 0 Å². The number of ether oxygens (including phenoxy) is 3. The summed E-state index contributed by atoms with van der Waals surface area (Å²) in [5.41, 5.74) is 1.36. The number of hydrogen-bond donors (Lipinski definition) is 4. The van der Waals surface area contributed by atoms with Gasteiger partial charge in [-0.25, -0.2) is 4.79 Å². The molecule has 0 aliphatic carbocycles. The minimum absolute atomic E-state index is 0.00761. The smallest absolute Gasteiger partial charge is 0.323 e. The second-order valence-electron chi connectivity index (χ2n) is 10.4. The first-order valence-corrected chi connectivity index (χ1v) is 14.0. The molecule has 10 nitrogen and oxygen atoms in total. The molecule has 2 aromatic rings. The van der Waals surface area contributed by atoms with Gasteiger partial charge in [-0.05, 0) is 82.6 Å². The van der Waals surface area contributed by atoms with E-state index in [1.54, 1.807) is 54.5 Å². The summed E-state index contributed by atoms with van der Waals surface area (Å²) in [6.45, 7) is 7.34. The number of nitrogens with zero attached hydrogens (tertiary/aromatic N) is 1. The van der Waals surface area contributed by atoms with Gasteiger partial charge in [0.25, 0.3) is 5.91 Å². The lowest BCUT2D eigenvalue weighted by Gasteiger charge is -2.34. The van der Waals surface area contributed by atoms with Crippen LogP contribution in [0.15, 0.2) is 42.5 Å². The maximum absolute atomic E-state index is 14.1. The fourth-order valence-corrected chi connectivity index (χ4v) is 4.66. The van der Waals surface area contributed by atoms with Crippen molar-refractivity contribution in [2.75, 3.05) is 51.1 Å². The van der Waals surface area contributed by atoms with E-state index in [1.165, 1.54) is 0 Å². The summed E-state index contributed by atoms with van der Waals surface area (Å²) in [7, 11) is 3.46. The summed E-state index contributed by atoms with van der Waals surface area (Å²) in [4.78, 5) is 28.5. The maximum atomic E-state index is 14.1. The number of likely N-dealkylation sites (N-methyl/N-ethyl adjacent to an activating group) is 1. The molecule has 220 valence electrons. The molecule has 0 spiro atoms. The number of methoxy groups -OCH3 is 1. The molecule has 4 atom stereocenters. The molecule has 1 heterocycles. The molecule has 10 heteroatoms. The van der Waals surface area contributed by atoms with E-state index in [0.29, 0.717) is 48.1 Å². The molecule has 0 radical (unpaired) electrons. The van der Waals surface area contributed by atoms with Crippen LogP contribution in [0, 0.1) is 5.92 Å². The Bertz CT molecular complexity index is 1100. The number of fused-ring (bicyclic) bond motifs is 1. The van der Waals surface area contributed by atoms with Crippen LogP contribution in [0.1, 0.15) is 50.4 Å². The number of carbonyl (C=O) groups is 2. The van der Waals surface area contributed by atoms with Gasteiger partial charge < -0.3 is 40.2 Å². The first kappa shape index (κ1) is 31.2. The van der Waals surface area contributed by atoms with Crippen LogP contribution in [0.5, 0.6) is 11.5 Å². The van der Waals surface area contributed by atoms with Crippen LogP contribution in [-0.4, -0.2) is 80.7 Å². The maximum Gasteiger partial charge on any atom is 0.323 e. The number of aliphatic hydroxyl groups is 1. The zero-order valence-corrected chi connectivity index (χ0v) is 24.2. The number of nitrogens with one attached hydrogen (secondary N) is 3. The lowest BCUT2D eigenvalue weighted by Crippen LogP contribution is -2.47. The zero-order valence-electron chi connectivity index (χ0n) is 24.2. The molecule has 40 heavy (non-hydrogen) atoms. The van der Waals surface area contributed by atoms with Crippen LogP contribution in [0.4, 0.5) is 16.2 Å². The number of urea groups is 1. The molecule has 3 amide bonds. The highest BCUT2D eigenvalue weighted by Gasteiger charge is 2.29. The predicted molar refractivity (Wildman–Crippen MR) is 156 cm³/mol. The van der Waals surface area contributed by atoms with Crippen molar-refractivity contribution in [3.05, 3.63) is 48.0 Å². The van der Waals surface area contributed by atoms with E-state index in [0.717, 1.165) is 19.3 Å². The van der Waals surface area contributed by atoms with Gasteiger partial charge in [-0.2, -0.15) is 0 Å². The zero-order chi connectivity index (χ0) is 29.1. The van der Waals surface area contributed by atoms with Crippen LogP contribution in [-0.2, 0) is 4.74 Å². The molecule has 0 unspecified atom stereocenters. The topological polar surface area (TPSA) is 121 Å². The Morgan fingerprint density at radius 3 is 2.50 bits per heavy atom. The lowest BCUT2D eigenvalue weighted by molar-refractivity contribution is -0.000451. The minimum Gasteiger partial charge on any atom is -0.497 e. The van der Waals surface area contributed by atoms with Crippen LogP contribution in [0.2, 0.25) is 0 Å². The number of hydrogen-bond acceptors (Lipinski definition) is 7. The highest BCUT2D eigenvalue weighted by Crippen LogP contribution is 2.28. The highest BCUT2D eigenvalue weighted by molar-refractivity contribution is 6.02. The SMILES string of the molecule is CNC[C@H]1OCCCC[C@H](C)Oc2ccc(NC(=O)Nc3ccc(OC)cc3)cc2C(=O)N([C@H](C)CO)C[C@@H]1C. The van der Waals surface area contributed by atoms with E-state index >= 15 is 0 Å². The van der Waals surface area contributed by atoms with Crippen molar-refractivity contribution >= 4 is 23.3 Å². The third-order valence-corrected chi connectivity index (χ3v) is 7.06. The van der Waals surface area contributed by atoms with Gasteiger partial charge in [-0.1, -0.05) is 6.92 Å². The Morgan fingerprint density at radius 2 is 1.82 bits per heavy atom. The van der Waals surface area contributed by atoms with E-state index in [-0.39, 0.29) is 30.6 Å². The summed E-state index contributed by atoms with van der Waals surface area (Å²) in [6.07, 6.45) is 2.45. The van der Waals surface area contributed by atoms with E-state index in [4.69, 9.17) is 14.2 Å². The summed E-state index contributed by atoms with van der Waals surface area (Å²) in [6, 6.07) is 11.2. The Morgan fingerprint density at radius 1 is 1.12 bits per heavy atom. The van der Waals surface area contributed by atoms with Crippen molar-refractivity contribution in [3.8, 4) is 11.5 Å². The third-order valence-electron chi connectivity index (χ3n) is 7.06. The largest absolute Gasteiger partial charge is 0.497 e. The van der Waals surface area contributed by atoms with Gasteiger partial charge in [0.2, 0.25) is 0 Å². The summed E-state index contributed by atoms with van der Waals surface area (Å²) >= 11 is 0. The molecule has 4 N–H and O–H groups in total. The number of anilines is 2. The van der Waals surface area contributed by atoms with E-state index in [2.05, 4.69) is 22.9 Å². The normalized spacial score (nSPS) is 21.4. The second-order valence-corrected chi connectivity index (χ2v) is 10.4. The summed E-state index contributed by atoms with van der Waals surface area (Å²) in [5.74, 6) is 0.856. The van der Waals surface area contributed by atoms with Crippen molar-refractivity contribution in [3.63, 3.8) is 0 Å². The first-order valence-electron chi connectivity index (χ1n) is 14.0. The number of aliphatic hydroxyl groups excluding tert-OH is 1. The van der Waals surface area contributed by atoms with Crippen molar-refractivity contribution in [2.45, 2.75) is 58.3 Å². The fraction of sp³-hybridized carbons (Fsp3) is 0.533. The number of amides is 3. The average Bonchev–Trinajstić information content (AvgIpc) is 2.95. The van der Waals surface area contributed by atoms with Crippen LogP contribution in [0.3, 0.4) is 0 Å². The molecule has 1 aliphatic rings. The van der Waals surface area contributed by atoms with Gasteiger partial charge in [-0.15, -0.1) is 0 Å². The Balaban J connectivity index is 1.90. The quantitative estimate of drug-likeness (QED) is 0.400. The Kier molecular flexibility index (Phi) is 12.0. The molecular weight excluding hydrogens is 512 g/mol. The Hall–Kier alpha value is -3.34. The predicted octanol–water partition coefficient (Wildman–Crippen LogP) is 4.35. The molecule has 0 saturated carbocycles. The number of benzene rings is 2. The van der Waals surface area contributed by atoms with E-state index < -0.39 is 12.1 Å². The monoisotopic (exact) mass is 556 g/mol. The first-order chi connectivity index (χ1) is 19.2. The molecule has 3 rings (SSSR count). The lowest BCUT2D eigenvalue weighted by atomic mass is 10.0.